The van der Waals surface area contributed by atoms with Crippen LogP contribution < -0.4 is 14.8 Å². The molecule has 1 unspecified atom stereocenters. The predicted molar refractivity (Wildman–Crippen MR) is 200 cm³/mol. The van der Waals surface area contributed by atoms with Crippen molar-refractivity contribution in [1.82, 2.24) is 19.1 Å². The fourth-order valence-electron chi connectivity index (χ4n) is 6.80. The van der Waals surface area contributed by atoms with Gasteiger partial charge in [-0.2, -0.15) is 5.10 Å². The standard InChI is InChI=1S/C40H46N6O4S/c1-27(2)32-23-34(49-7)43-35(28(3)4)36(32)44-38(47)46(51(41,48)33-24-42-45-25-39(5,6)26-50-37(33)45)40(29-17-11-8-12-18-29,30-19-13-9-14-20-30)31-21-15-10-16-22-31/h8-24,27-28,41H,25-26H2,1-7H3,(H,44,47). The van der Waals surface area contributed by atoms with Crippen molar-refractivity contribution in [2.45, 2.75) is 70.4 Å². The molecule has 1 aliphatic heterocycles. The summed E-state index contributed by atoms with van der Waals surface area (Å²) in [5.41, 5.74) is 2.01. The van der Waals surface area contributed by atoms with Gasteiger partial charge in [0.25, 0.3) is 0 Å². The summed E-state index contributed by atoms with van der Waals surface area (Å²) < 4.78 is 40.5. The van der Waals surface area contributed by atoms with Gasteiger partial charge < -0.3 is 14.8 Å². The number of pyridine rings is 1. The number of fused-ring (bicyclic) bond motifs is 1. The number of rotatable bonds is 10. The number of amides is 2. The molecule has 6 rings (SSSR count). The lowest BCUT2D eigenvalue weighted by molar-refractivity contribution is 0.0970. The molecule has 1 atom stereocenters. The summed E-state index contributed by atoms with van der Waals surface area (Å²) in [6.45, 7) is 13.0. The third-order valence-corrected chi connectivity index (χ3v) is 11.1. The second-order valence-electron chi connectivity index (χ2n) is 14.3. The Labute approximate surface area is 300 Å². The molecule has 3 aromatic carbocycles. The number of carbonyl (C=O) groups is 1. The Bertz CT molecular complexity index is 1990. The summed E-state index contributed by atoms with van der Waals surface area (Å²) in [6, 6.07) is 29.4. The third-order valence-electron chi connectivity index (χ3n) is 9.22. The lowest BCUT2D eigenvalue weighted by Gasteiger charge is -2.45. The number of hydrogen-bond acceptors (Lipinski definition) is 7. The first-order valence-electron chi connectivity index (χ1n) is 17.2. The van der Waals surface area contributed by atoms with Crippen LogP contribution in [0, 0.1) is 10.2 Å². The van der Waals surface area contributed by atoms with Crippen molar-refractivity contribution < 1.29 is 18.5 Å². The molecular formula is C40H46N6O4S. The van der Waals surface area contributed by atoms with Crippen LogP contribution in [0.25, 0.3) is 0 Å². The van der Waals surface area contributed by atoms with Gasteiger partial charge >= 0.3 is 6.03 Å². The fraction of sp³-hybridized carbons (Fsp3) is 0.325. The largest absolute Gasteiger partial charge is 0.481 e. The monoisotopic (exact) mass is 706 g/mol. The molecule has 266 valence electrons. The van der Waals surface area contributed by atoms with Gasteiger partial charge in [0, 0.05) is 11.5 Å². The topological polar surface area (TPSA) is 122 Å². The number of nitrogens with zero attached hydrogens (tertiary/aromatic N) is 4. The summed E-state index contributed by atoms with van der Waals surface area (Å²) in [4.78, 5) is 20.4. The lowest BCUT2D eigenvalue weighted by atomic mass is 9.77. The van der Waals surface area contributed by atoms with E-state index in [-0.39, 0.29) is 28.0 Å². The van der Waals surface area contributed by atoms with E-state index in [2.05, 4.69) is 24.3 Å². The van der Waals surface area contributed by atoms with Crippen LogP contribution in [0.5, 0.6) is 11.8 Å². The maximum atomic E-state index is 15.9. The number of hydrogen-bond donors (Lipinski definition) is 2. The molecule has 0 bridgehead atoms. The van der Waals surface area contributed by atoms with Crippen LogP contribution >= 0.6 is 0 Å². The Hall–Kier alpha value is -5.16. The molecule has 0 spiro atoms. The molecule has 11 heteroatoms. The van der Waals surface area contributed by atoms with Crippen LogP contribution in [0.3, 0.4) is 0 Å². The second kappa shape index (κ2) is 13.9. The van der Waals surface area contributed by atoms with Crippen molar-refractivity contribution in [2.24, 2.45) is 5.41 Å². The zero-order chi connectivity index (χ0) is 36.6. The van der Waals surface area contributed by atoms with Gasteiger partial charge in [-0.15, -0.1) is 0 Å². The van der Waals surface area contributed by atoms with Crippen molar-refractivity contribution in [2.75, 3.05) is 19.0 Å². The summed E-state index contributed by atoms with van der Waals surface area (Å²) in [6.07, 6.45) is 1.41. The molecule has 0 fully saturated rings. The van der Waals surface area contributed by atoms with Crippen molar-refractivity contribution in [1.29, 1.82) is 4.78 Å². The molecular weight excluding hydrogens is 661 g/mol. The Kier molecular flexibility index (Phi) is 9.69. The maximum absolute atomic E-state index is 15.9. The zero-order valence-corrected chi connectivity index (χ0v) is 31.0. The molecule has 5 aromatic rings. The van der Waals surface area contributed by atoms with E-state index in [0.29, 0.717) is 47.1 Å². The second-order valence-corrected chi connectivity index (χ2v) is 16.2. The molecule has 2 amide bonds. The Morgan fingerprint density at radius 1 is 0.941 bits per heavy atom. The third kappa shape index (κ3) is 6.46. The van der Waals surface area contributed by atoms with Gasteiger partial charge in [-0.05, 0) is 34.1 Å². The average Bonchev–Trinajstić information content (AvgIpc) is 3.54. The van der Waals surface area contributed by atoms with Crippen LogP contribution in [-0.2, 0) is 22.0 Å². The highest BCUT2D eigenvalue weighted by atomic mass is 32.2. The predicted octanol–water partition coefficient (Wildman–Crippen LogP) is 8.80. The smallest absolute Gasteiger partial charge is 0.336 e. The van der Waals surface area contributed by atoms with Crippen molar-refractivity contribution in [3.63, 3.8) is 0 Å². The molecule has 0 saturated carbocycles. The number of methoxy groups -OCH3 is 1. The van der Waals surface area contributed by atoms with Gasteiger partial charge in [0.2, 0.25) is 11.8 Å². The number of urea groups is 1. The first kappa shape index (κ1) is 35.7. The van der Waals surface area contributed by atoms with E-state index in [4.69, 9.17) is 14.5 Å². The van der Waals surface area contributed by atoms with E-state index in [1.807, 2.05) is 125 Å². The molecule has 51 heavy (non-hydrogen) atoms. The minimum Gasteiger partial charge on any atom is -0.481 e. The van der Waals surface area contributed by atoms with Gasteiger partial charge in [-0.25, -0.2) is 27.8 Å². The molecule has 10 nitrogen and oxygen atoms in total. The molecule has 2 N–H and O–H groups in total. The summed E-state index contributed by atoms with van der Waals surface area (Å²) in [7, 11) is -2.70. The first-order chi connectivity index (χ1) is 24.3. The number of benzene rings is 3. The molecule has 0 aliphatic carbocycles. The Morgan fingerprint density at radius 2 is 1.47 bits per heavy atom. The average molecular weight is 707 g/mol. The van der Waals surface area contributed by atoms with Crippen LogP contribution in [0.2, 0.25) is 0 Å². The minimum absolute atomic E-state index is 0.0151. The molecule has 0 saturated heterocycles. The Morgan fingerprint density at radius 3 is 1.94 bits per heavy atom. The van der Waals surface area contributed by atoms with Crippen LogP contribution in [0.15, 0.2) is 108 Å². The van der Waals surface area contributed by atoms with E-state index in [1.165, 1.54) is 10.5 Å². The van der Waals surface area contributed by atoms with Gasteiger partial charge in [0.05, 0.1) is 37.8 Å². The molecule has 3 heterocycles. The van der Waals surface area contributed by atoms with E-state index in [1.54, 1.807) is 11.8 Å². The maximum Gasteiger partial charge on any atom is 0.336 e. The van der Waals surface area contributed by atoms with Crippen LogP contribution in [-0.4, -0.2) is 43.0 Å². The van der Waals surface area contributed by atoms with E-state index < -0.39 is 21.5 Å². The van der Waals surface area contributed by atoms with Gasteiger partial charge in [0.1, 0.15) is 10.4 Å². The summed E-state index contributed by atoms with van der Waals surface area (Å²) in [5.74, 6) is 0.501. The number of ether oxygens (including phenoxy) is 2. The number of aromatic nitrogens is 3. The molecule has 1 aliphatic rings. The molecule has 0 radical (unpaired) electrons. The quantitative estimate of drug-likeness (QED) is 0.140. The van der Waals surface area contributed by atoms with E-state index in [0.717, 1.165) is 5.56 Å². The van der Waals surface area contributed by atoms with Crippen LogP contribution in [0.4, 0.5) is 10.5 Å². The number of nitrogens with one attached hydrogen (secondary N) is 2. The highest BCUT2D eigenvalue weighted by Gasteiger charge is 2.51. The number of carbonyl (C=O) groups excluding carboxylic acids is 1. The van der Waals surface area contributed by atoms with Crippen molar-refractivity contribution in [3.8, 4) is 11.8 Å². The number of anilines is 1. The minimum atomic E-state index is -4.27. The Balaban J connectivity index is 1.70. The zero-order valence-electron chi connectivity index (χ0n) is 30.2. The van der Waals surface area contributed by atoms with Gasteiger partial charge in [0.15, 0.2) is 9.92 Å². The van der Waals surface area contributed by atoms with Gasteiger partial charge in [-0.1, -0.05) is 133 Å². The highest BCUT2D eigenvalue weighted by molar-refractivity contribution is 7.90. The van der Waals surface area contributed by atoms with E-state index >= 15 is 9.00 Å². The molecule has 2 aromatic heterocycles. The lowest BCUT2D eigenvalue weighted by Crippen LogP contribution is -2.55. The van der Waals surface area contributed by atoms with Crippen molar-refractivity contribution in [3.05, 3.63) is 131 Å². The van der Waals surface area contributed by atoms with Gasteiger partial charge in [-0.3, -0.25) is 0 Å². The fourth-order valence-corrected chi connectivity index (χ4v) is 8.57. The summed E-state index contributed by atoms with van der Waals surface area (Å²) >= 11 is 0. The van der Waals surface area contributed by atoms with E-state index in [9.17, 15) is 4.78 Å². The van der Waals surface area contributed by atoms with Crippen molar-refractivity contribution >= 4 is 21.6 Å². The van der Waals surface area contributed by atoms with Crippen LogP contribution in [0.1, 0.15) is 81.3 Å². The normalized spacial score (nSPS) is 15.1. The first-order valence-corrected chi connectivity index (χ1v) is 18.7. The highest BCUT2D eigenvalue weighted by Crippen LogP contribution is 2.48. The summed E-state index contributed by atoms with van der Waals surface area (Å²) in [5, 5.41) is 7.72. The SMILES string of the molecule is COc1cc(C(C)C)c(NC(=O)N(C(c2ccccc2)(c2ccccc2)c2ccccc2)S(=N)(=O)c2cnn3c2OCC(C)(C)C3)c(C(C)C)n1.